The Morgan fingerprint density at radius 2 is 2.07 bits per heavy atom. The molecule has 3 N–H and O–H groups in total. The average molecular weight is 225 g/mol. The Hall–Kier alpha value is -0.570. The first kappa shape index (κ1) is 10.9. The van der Waals surface area contributed by atoms with E-state index in [1.54, 1.807) is 0 Å². The van der Waals surface area contributed by atoms with E-state index < -0.39 is 0 Å². The van der Waals surface area contributed by atoms with Crippen molar-refractivity contribution in [2.24, 2.45) is 5.84 Å². The topological polar surface area (TPSA) is 38.0 Å². The minimum absolute atomic E-state index is 0.400. The largest absolute Gasteiger partial charge is 0.271 e. The van der Waals surface area contributed by atoms with Gasteiger partial charge in [0.05, 0.1) is 0 Å². The second-order valence-electron chi connectivity index (χ2n) is 4.22. The molecule has 0 heterocycles. The number of hydrogen-bond acceptors (Lipinski definition) is 2. The average Bonchev–Trinajstić information content (AvgIpc) is 2.29. The van der Waals surface area contributed by atoms with Crippen molar-refractivity contribution in [2.45, 2.75) is 37.6 Å². The van der Waals surface area contributed by atoms with Crippen molar-refractivity contribution in [3.05, 3.63) is 34.9 Å². The molecule has 1 aliphatic rings. The summed E-state index contributed by atoms with van der Waals surface area (Å²) in [5.74, 6) is 6.10. The molecular formula is C12H17ClN2. The lowest BCUT2D eigenvalue weighted by molar-refractivity contribution is 0.331. The molecule has 1 saturated carbocycles. The smallest absolute Gasteiger partial charge is 0.0408 e. The number of rotatable bonds is 2. The van der Waals surface area contributed by atoms with E-state index in [0.717, 1.165) is 11.4 Å². The molecule has 0 amide bonds. The van der Waals surface area contributed by atoms with Gasteiger partial charge in [-0.3, -0.25) is 11.3 Å². The highest BCUT2D eigenvalue weighted by Crippen LogP contribution is 2.33. The van der Waals surface area contributed by atoms with Crippen LogP contribution in [0.4, 0.5) is 0 Å². The highest BCUT2D eigenvalue weighted by Gasteiger charge is 2.25. The van der Waals surface area contributed by atoms with Crippen molar-refractivity contribution >= 4 is 11.6 Å². The van der Waals surface area contributed by atoms with Crippen molar-refractivity contribution in [2.75, 3.05) is 0 Å². The minimum atomic E-state index is 0.400. The molecule has 15 heavy (non-hydrogen) atoms. The van der Waals surface area contributed by atoms with E-state index in [1.165, 1.54) is 24.8 Å². The van der Waals surface area contributed by atoms with Gasteiger partial charge in [0, 0.05) is 17.0 Å². The van der Waals surface area contributed by atoms with Gasteiger partial charge in [-0.1, -0.05) is 36.6 Å². The van der Waals surface area contributed by atoms with Crippen LogP contribution in [0.3, 0.4) is 0 Å². The molecule has 0 aliphatic heterocycles. The number of halogens is 1. The van der Waals surface area contributed by atoms with E-state index in [0.29, 0.717) is 12.0 Å². The van der Waals surface area contributed by atoms with Crippen molar-refractivity contribution < 1.29 is 0 Å². The zero-order valence-electron chi connectivity index (χ0n) is 8.75. The fraction of sp³-hybridized carbons (Fsp3) is 0.500. The Labute approximate surface area is 95.8 Å². The standard InChI is InChI=1S/C12H17ClN2/c13-10-5-3-4-9(8-10)11-6-1-2-7-12(11)15-14/h3-5,8,11-12,15H,1-2,6-7,14H2. The maximum Gasteiger partial charge on any atom is 0.0408 e. The van der Waals surface area contributed by atoms with E-state index in [4.69, 9.17) is 17.4 Å². The van der Waals surface area contributed by atoms with Crippen molar-refractivity contribution in [3.63, 3.8) is 0 Å². The van der Waals surface area contributed by atoms with Gasteiger partial charge in [0.25, 0.3) is 0 Å². The van der Waals surface area contributed by atoms with E-state index in [2.05, 4.69) is 17.6 Å². The van der Waals surface area contributed by atoms with Crippen LogP contribution in [0.5, 0.6) is 0 Å². The van der Waals surface area contributed by atoms with Crippen LogP contribution >= 0.6 is 11.6 Å². The molecule has 1 aromatic rings. The van der Waals surface area contributed by atoms with Crippen LogP contribution in [-0.4, -0.2) is 6.04 Å². The summed E-state index contributed by atoms with van der Waals surface area (Å²) in [6.45, 7) is 0. The Balaban J connectivity index is 2.20. The lowest BCUT2D eigenvalue weighted by atomic mass is 9.80. The Morgan fingerprint density at radius 3 is 2.80 bits per heavy atom. The summed E-state index contributed by atoms with van der Waals surface area (Å²) in [4.78, 5) is 0. The van der Waals surface area contributed by atoms with Crippen LogP contribution in [-0.2, 0) is 0 Å². The van der Waals surface area contributed by atoms with Crippen LogP contribution < -0.4 is 11.3 Å². The number of nitrogens with two attached hydrogens (primary N) is 1. The minimum Gasteiger partial charge on any atom is -0.271 e. The zero-order valence-corrected chi connectivity index (χ0v) is 9.50. The summed E-state index contributed by atoms with van der Waals surface area (Å²) in [6, 6.07) is 8.53. The van der Waals surface area contributed by atoms with Crippen molar-refractivity contribution in [1.29, 1.82) is 0 Å². The van der Waals surface area contributed by atoms with Crippen LogP contribution in [0.1, 0.15) is 37.2 Å². The van der Waals surface area contributed by atoms with Crippen molar-refractivity contribution in [1.82, 2.24) is 5.43 Å². The van der Waals surface area contributed by atoms with Crippen LogP contribution in [0.2, 0.25) is 5.02 Å². The molecule has 3 heteroatoms. The molecular weight excluding hydrogens is 208 g/mol. The van der Waals surface area contributed by atoms with Crippen LogP contribution in [0.25, 0.3) is 0 Å². The van der Waals surface area contributed by atoms with Gasteiger partial charge in [-0.25, -0.2) is 0 Å². The predicted molar refractivity (Wildman–Crippen MR) is 63.8 cm³/mol. The third-order valence-corrected chi connectivity index (χ3v) is 3.49. The third kappa shape index (κ3) is 2.51. The predicted octanol–water partition coefficient (Wildman–Crippen LogP) is 2.83. The van der Waals surface area contributed by atoms with Gasteiger partial charge in [0.15, 0.2) is 0 Å². The normalized spacial score (nSPS) is 26.5. The van der Waals surface area contributed by atoms with Gasteiger partial charge < -0.3 is 0 Å². The molecule has 0 bridgehead atoms. The molecule has 0 aromatic heterocycles. The summed E-state index contributed by atoms with van der Waals surface area (Å²) < 4.78 is 0. The van der Waals surface area contributed by atoms with Gasteiger partial charge >= 0.3 is 0 Å². The number of benzene rings is 1. The van der Waals surface area contributed by atoms with E-state index >= 15 is 0 Å². The molecule has 2 unspecified atom stereocenters. The molecule has 82 valence electrons. The fourth-order valence-corrected chi connectivity index (χ4v) is 2.67. The summed E-state index contributed by atoms with van der Waals surface area (Å²) in [5, 5.41) is 0.814. The monoisotopic (exact) mass is 224 g/mol. The highest BCUT2D eigenvalue weighted by atomic mass is 35.5. The van der Waals surface area contributed by atoms with Crippen LogP contribution in [0, 0.1) is 0 Å². The van der Waals surface area contributed by atoms with E-state index in [-0.39, 0.29) is 0 Å². The van der Waals surface area contributed by atoms with Gasteiger partial charge in [0.2, 0.25) is 0 Å². The summed E-state index contributed by atoms with van der Waals surface area (Å²) in [5.41, 5.74) is 4.24. The molecule has 2 rings (SSSR count). The maximum absolute atomic E-state index is 6.00. The van der Waals surface area contributed by atoms with Gasteiger partial charge in [-0.05, 0) is 30.5 Å². The molecule has 0 radical (unpaired) electrons. The summed E-state index contributed by atoms with van der Waals surface area (Å²) >= 11 is 6.00. The summed E-state index contributed by atoms with van der Waals surface area (Å²) in [7, 11) is 0. The van der Waals surface area contributed by atoms with Crippen LogP contribution in [0.15, 0.2) is 24.3 Å². The number of nitrogens with one attached hydrogen (secondary N) is 1. The Bertz CT molecular complexity index is 327. The summed E-state index contributed by atoms with van der Waals surface area (Å²) in [6.07, 6.45) is 4.92. The molecule has 1 fully saturated rings. The van der Waals surface area contributed by atoms with Gasteiger partial charge in [-0.15, -0.1) is 0 Å². The molecule has 0 spiro atoms. The highest BCUT2D eigenvalue weighted by molar-refractivity contribution is 6.30. The molecule has 2 atom stereocenters. The quantitative estimate of drug-likeness (QED) is 0.599. The second-order valence-corrected chi connectivity index (χ2v) is 4.66. The molecule has 2 nitrogen and oxygen atoms in total. The molecule has 1 aromatic carbocycles. The third-order valence-electron chi connectivity index (χ3n) is 3.26. The number of hydrogen-bond donors (Lipinski definition) is 2. The molecule has 1 aliphatic carbocycles. The Kier molecular flexibility index (Phi) is 3.62. The fourth-order valence-electron chi connectivity index (χ4n) is 2.47. The van der Waals surface area contributed by atoms with E-state index in [9.17, 15) is 0 Å². The zero-order chi connectivity index (χ0) is 10.7. The molecule has 0 saturated heterocycles. The first-order chi connectivity index (χ1) is 7.31. The lowest BCUT2D eigenvalue weighted by Crippen LogP contribution is -2.41. The van der Waals surface area contributed by atoms with Gasteiger partial charge in [-0.2, -0.15) is 0 Å². The first-order valence-corrected chi connectivity index (χ1v) is 5.90. The van der Waals surface area contributed by atoms with Crippen molar-refractivity contribution in [3.8, 4) is 0 Å². The van der Waals surface area contributed by atoms with E-state index in [1.807, 2.05) is 12.1 Å². The number of hydrazine groups is 1. The van der Waals surface area contributed by atoms with Gasteiger partial charge in [0.1, 0.15) is 0 Å². The lowest BCUT2D eigenvalue weighted by Gasteiger charge is -2.31. The second kappa shape index (κ2) is 4.97. The maximum atomic E-state index is 6.00. The SMILES string of the molecule is NNC1CCCCC1c1cccc(Cl)c1. The first-order valence-electron chi connectivity index (χ1n) is 5.53. The Morgan fingerprint density at radius 1 is 1.27 bits per heavy atom.